The van der Waals surface area contributed by atoms with Crippen LogP contribution in [0.2, 0.25) is 0 Å². The van der Waals surface area contributed by atoms with Crippen molar-refractivity contribution in [1.82, 2.24) is 9.78 Å². The van der Waals surface area contributed by atoms with Crippen LogP contribution in [-0.4, -0.2) is 34.4 Å². The molecule has 0 spiro atoms. The molecule has 3 aromatic rings. The summed E-state index contributed by atoms with van der Waals surface area (Å²) in [5.74, 6) is 0.444. The molecule has 33 heavy (non-hydrogen) atoms. The number of alkyl halides is 3. The smallest absolute Gasteiger partial charge is 0.487 e. The van der Waals surface area contributed by atoms with Crippen LogP contribution in [0.5, 0.6) is 11.5 Å². The summed E-state index contributed by atoms with van der Waals surface area (Å²) in [6, 6.07) is 10.8. The molecular formula is C23H22F3N3O4. The van der Waals surface area contributed by atoms with Crippen LogP contribution in [0, 0.1) is 6.92 Å². The van der Waals surface area contributed by atoms with Crippen molar-refractivity contribution in [3.8, 4) is 17.2 Å². The predicted molar refractivity (Wildman–Crippen MR) is 114 cm³/mol. The van der Waals surface area contributed by atoms with E-state index in [1.54, 1.807) is 37.4 Å². The van der Waals surface area contributed by atoms with Gasteiger partial charge in [-0.25, -0.2) is 9.48 Å². The summed E-state index contributed by atoms with van der Waals surface area (Å²) in [4.78, 5) is 12.3. The van der Waals surface area contributed by atoms with Gasteiger partial charge in [0.1, 0.15) is 18.0 Å². The van der Waals surface area contributed by atoms with Crippen molar-refractivity contribution in [1.29, 1.82) is 0 Å². The number of aromatic nitrogens is 2. The number of hydrogen-bond donors (Lipinski definition) is 1. The summed E-state index contributed by atoms with van der Waals surface area (Å²) in [6.07, 6.45) is -2.29. The number of nitrogens with zero attached hydrogens (tertiary/aromatic N) is 3. The first-order valence-electron chi connectivity index (χ1n) is 10.3. The number of anilines is 1. The average Bonchev–Trinajstić information content (AvgIpc) is 3.50. The Hall–Kier alpha value is -3.69. The number of aryl methyl sites for hydroxylation is 1. The Morgan fingerprint density at radius 1 is 1.24 bits per heavy atom. The van der Waals surface area contributed by atoms with Crippen molar-refractivity contribution in [3.63, 3.8) is 0 Å². The third-order valence-corrected chi connectivity index (χ3v) is 5.43. The van der Waals surface area contributed by atoms with Crippen LogP contribution in [-0.2, 0) is 6.61 Å². The van der Waals surface area contributed by atoms with Crippen molar-refractivity contribution in [2.24, 2.45) is 0 Å². The standard InChI is InChI=1S/C23H22F3N3O4/c1-14-11-16(9-10-18(14)28(2)22(30)31)32-13-20-17(15-7-8-15)12-27-29(20)19-5-3-4-6-21(19)33-23(24,25)26/h3-6,9-12,15H,7-8,13H2,1-2H3,(H,30,31). The molecule has 0 saturated heterocycles. The van der Waals surface area contributed by atoms with Crippen molar-refractivity contribution in [3.05, 3.63) is 65.5 Å². The summed E-state index contributed by atoms with van der Waals surface area (Å²) < 4.78 is 50.3. The van der Waals surface area contributed by atoms with Gasteiger partial charge in [-0.3, -0.25) is 4.90 Å². The molecule has 1 amide bonds. The lowest BCUT2D eigenvalue weighted by Gasteiger charge is -2.18. The molecule has 7 nitrogen and oxygen atoms in total. The number of halogens is 3. The van der Waals surface area contributed by atoms with Gasteiger partial charge in [0, 0.05) is 18.3 Å². The normalized spacial score (nSPS) is 13.6. The number of amides is 1. The zero-order valence-electron chi connectivity index (χ0n) is 18.0. The van der Waals surface area contributed by atoms with Gasteiger partial charge in [-0.1, -0.05) is 12.1 Å². The molecule has 2 aromatic carbocycles. The summed E-state index contributed by atoms with van der Waals surface area (Å²) >= 11 is 0. The lowest BCUT2D eigenvalue weighted by Crippen LogP contribution is -2.24. The Labute approximate surface area is 188 Å². The molecule has 0 aliphatic heterocycles. The second-order valence-electron chi connectivity index (χ2n) is 7.83. The minimum atomic E-state index is -4.83. The highest BCUT2D eigenvalue weighted by molar-refractivity contribution is 5.86. The maximum atomic E-state index is 12.9. The quantitative estimate of drug-likeness (QED) is 0.492. The summed E-state index contributed by atoms with van der Waals surface area (Å²) in [7, 11) is 1.45. The number of carbonyl (C=O) groups is 1. The van der Waals surface area contributed by atoms with Crippen molar-refractivity contribution < 1.29 is 32.5 Å². The number of hydrogen-bond acceptors (Lipinski definition) is 4. The van der Waals surface area contributed by atoms with Gasteiger partial charge in [-0.05, 0) is 61.6 Å². The average molecular weight is 461 g/mol. The van der Waals surface area contributed by atoms with Crippen LogP contribution >= 0.6 is 0 Å². The van der Waals surface area contributed by atoms with Gasteiger partial charge in [0.25, 0.3) is 0 Å². The molecule has 0 atom stereocenters. The minimum absolute atomic E-state index is 0.0692. The van der Waals surface area contributed by atoms with Gasteiger partial charge in [0.05, 0.1) is 11.9 Å². The van der Waals surface area contributed by atoms with E-state index < -0.39 is 12.5 Å². The molecule has 4 rings (SSSR count). The van der Waals surface area contributed by atoms with E-state index in [1.807, 2.05) is 0 Å². The second kappa shape index (κ2) is 8.68. The number of rotatable bonds is 7. The Kier molecular flexibility index (Phi) is 5.92. The predicted octanol–water partition coefficient (Wildman–Crippen LogP) is 5.65. The zero-order chi connectivity index (χ0) is 23.8. The maximum absolute atomic E-state index is 12.9. The first kappa shape index (κ1) is 22.5. The van der Waals surface area contributed by atoms with Gasteiger partial charge in [-0.2, -0.15) is 5.10 Å². The fraction of sp³-hybridized carbons (Fsp3) is 0.304. The molecule has 1 heterocycles. The van der Waals surface area contributed by atoms with Crippen LogP contribution < -0.4 is 14.4 Å². The van der Waals surface area contributed by atoms with E-state index >= 15 is 0 Å². The molecule has 1 N–H and O–H groups in total. The molecule has 1 aliphatic rings. The zero-order valence-corrected chi connectivity index (χ0v) is 18.0. The van der Waals surface area contributed by atoms with Gasteiger partial charge in [-0.15, -0.1) is 13.2 Å². The third kappa shape index (κ3) is 5.05. The monoisotopic (exact) mass is 461 g/mol. The first-order valence-corrected chi connectivity index (χ1v) is 10.3. The summed E-state index contributed by atoms with van der Waals surface area (Å²) in [5, 5.41) is 13.5. The van der Waals surface area contributed by atoms with Gasteiger partial charge < -0.3 is 14.6 Å². The topological polar surface area (TPSA) is 76.8 Å². The third-order valence-electron chi connectivity index (χ3n) is 5.43. The molecule has 10 heteroatoms. The van der Waals surface area contributed by atoms with Crippen molar-refractivity contribution >= 4 is 11.8 Å². The van der Waals surface area contributed by atoms with Crippen LogP contribution in [0.4, 0.5) is 23.7 Å². The van der Waals surface area contributed by atoms with Crippen LogP contribution in [0.3, 0.4) is 0 Å². The van der Waals surface area contributed by atoms with Crippen molar-refractivity contribution in [2.75, 3.05) is 11.9 Å². The molecule has 0 bridgehead atoms. The van der Waals surface area contributed by atoms with Crippen molar-refractivity contribution in [2.45, 2.75) is 38.7 Å². The number of carboxylic acid groups (broad SMARTS) is 1. The Morgan fingerprint density at radius 3 is 2.61 bits per heavy atom. The fourth-order valence-corrected chi connectivity index (χ4v) is 3.67. The number of benzene rings is 2. The highest BCUT2D eigenvalue weighted by atomic mass is 19.4. The van der Waals surface area contributed by atoms with Gasteiger partial charge in [0.15, 0.2) is 5.75 Å². The summed E-state index contributed by atoms with van der Waals surface area (Å²) in [5.41, 5.74) is 2.96. The minimum Gasteiger partial charge on any atom is -0.487 e. The summed E-state index contributed by atoms with van der Waals surface area (Å²) in [6.45, 7) is 1.84. The number of para-hydroxylation sites is 2. The van der Waals surface area contributed by atoms with E-state index in [9.17, 15) is 23.1 Å². The Bertz CT molecular complexity index is 1170. The van der Waals surface area contributed by atoms with E-state index in [2.05, 4.69) is 9.84 Å². The van der Waals surface area contributed by atoms with E-state index in [0.717, 1.165) is 23.3 Å². The highest BCUT2D eigenvalue weighted by Crippen LogP contribution is 2.43. The van der Waals surface area contributed by atoms with E-state index in [-0.39, 0.29) is 18.0 Å². The largest absolute Gasteiger partial charge is 0.573 e. The fourth-order valence-electron chi connectivity index (χ4n) is 3.67. The van der Waals surface area contributed by atoms with Gasteiger partial charge >= 0.3 is 12.5 Å². The molecule has 1 aromatic heterocycles. The Balaban J connectivity index is 1.63. The van der Waals surface area contributed by atoms with Gasteiger partial charge in [0.2, 0.25) is 0 Å². The lowest BCUT2D eigenvalue weighted by molar-refractivity contribution is -0.274. The van der Waals surface area contributed by atoms with E-state index in [0.29, 0.717) is 28.6 Å². The Morgan fingerprint density at radius 2 is 1.97 bits per heavy atom. The molecule has 0 unspecified atom stereocenters. The van der Waals surface area contributed by atoms with E-state index in [4.69, 9.17) is 4.74 Å². The molecular weight excluding hydrogens is 439 g/mol. The van der Waals surface area contributed by atoms with E-state index in [1.165, 1.54) is 29.9 Å². The molecule has 1 fully saturated rings. The molecule has 1 aliphatic carbocycles. The lowest BCUT2D eigenvalue weighted by atomic mass is 10.1. The highest BCUT2D eigenvalue weighted by Gasteiger charge is 2.34. The first-order chi connectivity index (χ1) is 15.6. The molecule has 174 valence electrons. The number of ether oxygens (including phenoxy) is 2. The van der Waals surface area contributed by atoms with Crippen LogP contribution in [0.1, 0.15) is 35.6 Å². The maximum Gasteiger partial charge on any atom is 0.573 e. The SMILES string of the molecule is Cc1cc(OCc2c(C3CC3)cnn2-c2ccccc2OC(F)(F)F)ccc1N(C)C(=O)O. The van der Waals surface area contributed by atoms with Crippen LogP contribution in [0.15, 0.2) is 48.7 Å². The van der Waals surface area contributed by atoms with Crippen LogP contribution in [0.25, 0.3) is 5.69 Å². The molecule has 1 saturated carbocycles. The molecule has 0 radical (unpaired) electrons. The second-order valence-corrected chi connectivity index (χ2v) is 7.83.